The number of ether oxygens (including phenoxy) is 3. The summed E-state index contributed by atoms with van der Waals surface area (Å²) in [6, 6.07) is 9.38. The molecule has 7 nitrogen and oxygen atoms in total. The van der Waals surface area contributed by atoms with Crippen LogP contribution in [0.25, 0.3) is 21.5 Å². The second-order valence-electron chi connectivity index (χ2n) is 7.36. The average molecular weight is 486 g/mol. The highest BCUT2D eigenvalue weighted by atomic mass is 35.5. The average Bonchev–Trinajstić information content (AvgIpc) is 3.41. The molecule has 4 rings (SSSR count). The second-order valence-corrected chi connectivity index (χ2v) is 8.79. The number of hydrogen-bond donors (Lipinski definition) is 2. The number of rotatable bonds is 8. The SMILES string of the molecule is COc1cc(-c2nc(C)c(C(=O)NCCc3c[nH]c4ccc(Cl)cc34)s2)cc(OC)c1OC. The molecule has 2 aromatic carbocycles. The van der Waals surface area contributed by atoms with E-state index in [0.29, 0.717) is 50.8 Å². The van der Waals surface area contributed by atoms with Crippen LogP contribution in [0, 0.1) is 6.92 Å². The summed E-state index contributed by atoms with van der Waals surface area (Å²) in [6.07, 6.45) is 2.64. The van der Waals surface area contributed by atoms with Crippen LogP contribution >= 0.6 is 22.9 Å². The number of methoxy groups -OCH3 is 3. The van der Waals surface area contributed by atoms with Crippen molar-refractivity contribution in [2.75, 3.05) is 27.9 Å². The zero-order valence-electron chi connectivity index (χ0n) is 18.7. The predicted octanol–water partition coefficient (Wildman–Crippen LogP) is 5.25. The Morgan fingerprint density at radius 2 is 1.85 bits per heavy atom. The number of nitrogens with zero attached hydrogens (tertiary/aromatic N) is 1. The minimum absolute atomic E-state index is 0.151. The number of fused-ring (bicyclic) bond motifs is 1. The number of carbonyl (C=O) groups is 1. The van der Waals surface area contributed by atoms with Crippen molar-refractivity contribution in [3.05, 3.63) is 57.7 Å². The largest absolute Gasteiger partial charge is 0.493 e. The molecule has 0 bridgehead atoms. The molecule has 0 atom stereocenters. The van der Waals surface area contributed by atoms with Gasteiger partial charge in [0.1, 0.15) is 9.88 Å². The Hall–Kier alpha value is -3.23. The van der Waals surface area contributed by atoms with Gasteiger partial charge in [-0.1, -0.05) is 11.6 Å². The molecular weight excluding hydrogens is 462 g/mol. The van der Waals surface area contributed by atoms with E-state index < -0.39 is 0 Å². The van der Waals surface area contributed by atoms with Crippen molar-refractivity contribution < 1.29 is 19.0 Å². The fourth-order valence-electron chi connectivity index (χ4n) is 3.68. The predicted molar refractivity (Wildman–Crippen MR) is 131 cm³/mol. The third-order valence-electron chi connectivity index (χ3n) is 5.32. The Morgan fingerprint density at radius 1 is 1.12 bits per heavy atom. The minimum Gasteiger partial charge on any atom is -0.493 e. The number of benzene rings is 2. The molecule has 0 aliphatic heterocycles. The van der Waals surface area contributed by atoms with Crippen molar-refractivity contribution in [2.45, 2.75) is 13.3 Å². The summed E-state index contributed by atoms with van der Waals surface area (Å²) < 4.78 is 16.3. The first-order chi connectivity index (χ1) is 15.9. The third kappa shape index (κ3) is 4.62. The molecule has 2 N–H and O–H groups in total. The fourth-order valence-corrected chi connectivity index (χ4v) is 4.83. The van der Waals surface area contributed by atoms with Gasteiger partial charge in [0.05, 0.1) is 27.0 Å². The molecule has 0 radical (unpaired) electrons. The number of nitrogens with one attached hydrogen (secondary N) is 2. The number of hydrogen-bond acceptors (Lipinski definition) is 6. The van der Waals surface area contributed by atoms with E-state index in [9.17, 15) is 4.79 Å². The van der Waals surface area contributed by atoms with Crippen LogP contribution in [-0.4, -0.2) is 43.7 Å². The number of carbonyl (C=O) groups excluding carboxylic acids is 1. The van der Waals surface area contributed by atoms with Gasteiger partial charge in [-0.05, 0) is 49.2 Å². The van der Waals surface area contributed by atoms with E-state index in [0.717, 1.165) is 22.0 Å². The van der Waals surface area contributed by atoms with E-state index in [2.05, 4.69) is 15.3 Å². The van der Waals surface area contributed by atoms with Gasteiger partial charge in [-0.25, -0.2) is 4.98 Å². The number of halogens is 1. The normalized spacial score (nSPS) is 10.9. The van der Waals surface area contributed by atoms with Crippen molar-refractivity contribution >= 4 is 39.7 Å². The molecule has 9 heteroatoms. The summed E-state index contributed by atoms with van der Waals surface area (Å²) >= 11 is 7.45. The number of thiazole rings is 1. The van der Waals surface area contributed by atoms with Crippen LogP contribution in [0.1, 0.15) is 20.9 Å². The lowest BCUT2D eigenvalue weighted by atomic mass is 10.1. The molecule has 0 unspecified atom stereocenters. The summed E-state index contributed by atoms with van der Waals surface area (Å²) in [5.74, 6) is 1.42. The zero-order chi connectivity index (χ0) is 23.5. The van der Waals surface area contributed by atoms with E-state index in [-0.39, 0.29) is 5.91 Å². The van der Waals surface area contributed by atoms with Crippen LogP contribution in [0.2, 0.25) is 5.02 Å². The fraction of sp³-hybridized carbons (Fsp3) is 0.250. The lowest BCUT2D eigenvalue weighted by Crippen LogP contribution is -2.25. The van der Waals surface area contributed by atoms with E-state index in [1.54, 1.807) is 21.3 Å². The van der Waals surface area contributed by atoms with E-state index in [1.807, 2.05) is 43.5 Å². The molecule has 0 saturated heterocycles. The lowest BCUT2D eigenvalue weighted by Gasteiger charge is -2.13. The molecule has 0 aliphatic carbocycles. The first-order valence-electron chi connectivity index (χ1n) is 10.3. The highest BCUT2D eigenvalue weighted by Gasteiger charge is 2.20. The molecule has 172 valence electrons. The van der Waals surface area contributed by atoms with E-state index >= 15 is 0 Å². The highest BCUT2D eigenvalue weighted by Crippen LogP contribution is 2.42. The molecule has 0 spiro atoms. The maximum atomic E-state index is 12.9. The van der Waals surface area contributed by atoms with Gasteiger partial charge in [-0.2, -0.15) is 0 Å². The number of amides is 1. The minimum atomic E-state index is -0.151. The van der Waals surface area contributed by atoms with Crippen LogP contribution in [0.4, 0.5) is 0 Å². The summed E-state index contributed by atoms with van der Waals surface area (Å²) in [5.41, 5.74) is 3.58. The molecule has 0 saturated carbocycles. The van der Waals surface area contributed by atoms with Gasteiger partial charge in [0, 0.05) is 34.2 Å². The Bertz CT molecular complexity index is 1290. The molecule has 4 aromatic rings. The zero-order valence-corrected chi connectivity index (χ0v) is 20.3. The van der Waals surface area contributed by atoms with Crippen molar-refractivity contribution in [1.29, 1.82) is 0 Å². The second kappa shape index (κ2) is 9.72. The first kappa shape index (κ1) is 22.9. The van der Waals surface area contributed by atoms with Gasteiger partial charge in [-0.3, -0.25) is 4.79 Å². The maximum absolute atomic E-state index is 12.9. The highest BCUT2D eigenvalue weighted by molar-refractivity contribution is 7.17. The molecule has 0 aliphatic rings. The molecule has 0 fully saturated rings. The summed E-state index contributed by atoms with van der Waals surface area (Å²) in [7, 11) is 4.68. The summed E-state index contributed by atoms with van der Waals surface area (Å²) in [4.78, 5) is 21.3. The van der Waals surface area contributed by atoms with Crippen LogP contribution in [0.3, 0.4) is 0 Å². The maximum Gasteiger partial charge on any atom is 0.263 e. The van der Waals surface area contributed by atoms with Crippen molar-refractivity contribution in [3.8, 4) is 27.8 Å². The first-order valence-corrected chi connectivity index (χ1v) is 11.5. The van der Waals surface area contributed by atoms with Gasteiger partial charge in [0.25, 0.3) is 5.91 Å². The molecule has 33 heavy (non-hydrogen) atoms. The topological polar surface area (TPSA) is 85.5 Å². The van der Waals surface area contributed by atoms with Crippen LogP contribution in [-0.2, 0) is 6.42 Å². The van der Waals surface area contributed by atoms with Crippen LogP contribution in [0.15, 0.2) is 36.5 Å². The Labute approximate surface area is 200 Å². The summed E-state index contributed by atoms with van der Waals surface area (Å²) in [5, 5.41) is 5.45. The molecular formula is C24H24ClN3O4S. The van der Waals surface area contributed by atoms with Crippen LogP contribution < -0.4 is 19.5 Å². The van der Waals surface area contributed by atoms with Gasteiger partial charge in [0.15, 0.2) is 11.5 Å². The number of aromatic nitrogens is 2. The van der Waals surface area contributed by atoms with Crippen LogP contribution in [0.5, 0.6) is 17.2 Å². The van der Waals surface area contributed by atoms with Crippen molar-refractivity contribution in [3.63, 3.8) is 0 Å². The molecule has 2 aromatic heterocycles. The number of aromatic amines is 1. The smallest absolute Gasteiger partial charge is 0.263 e. The van der Waals surface area contributed by atoms with Gasteiger partial charge in [-0.15, -0.1) is 11.3 Å². The molecule has 2 heterocycles. The Balaban J connectivity index is 1.50. The van der Waals surface area contributed by atoms with Gasteiger partial charge >= 0.3 is 0 Å². The number of H-pyrrole nitrogens is 1. The Kier molecular flexibility index (Phi) is 6.76. The standard InChI is InChI=1S/C24H24ClN3O4S/c1-13-22(23(29)26-8-7-14-12-27-18-6-5-16(25)11-17(14)18)33-24(28-13)15-9-19(30-2)21(32-4)20(10-15)31-3/h5-6,9-12,27H,7-8H2,1-4H3,(H,26,29). The van der Waals surface area contributed by atoms with Crippen molar-refractivity contribution in [1.82, 2.24) is 15.3 Å². The molecule has 1 amide bonds. The summed E-state index contributed by atoms with van der Waals surface area (Å²) in [6.45, 7) is 2.32. The van der Waals surface area contributed by atoms with Crippen molar-refractivity contribution in [2.24, 2.45) is 0 Å². The third-order valence-corrected chi connectivity index (χ3v) is 6.76. The van der Waals surface area contributed by atoms with Gasteiger partial charge < -0.3 is 24.5 Å². The number of aryl methyl sites for hydroxylation is 1. The van der Waals surface area contributed by atoms with E-state index in [1.165, 1.54) is 11.3 Å². The quantitative estimate of drug-likeness (QED) is 0.356. The monoisotopic (exact) mass is 485 g/mol. The van der Waals surface area contributed by atoms with Gasteiger partial charge in [0.2, 0.25) is 5.75 Å². The van der Waals surface area contributed by atoms with E-state index in [4.69, 9.17) is 25.8 Å². The Morgan fingerprint density at radius 3 is 2.52 bits per heavy atom. The lowest BCUT2D eigenvalue weighted by molar-refractivity contribution is 0.0957.